The van der Waals surface area contributed by atoms with Crippen LogP contribution in [0.5, 0.6) is 0 Å². The Morgan fingerprint density at radius 2 is 2.06 bits per heavy atom. The molecule has 0 aromatic heterocycles. The maximum absolute atomic E-state index is 11.4. The van der Waals surface area contributed by atoms with Gasteiger partial charge in [0.05, 0.1) is 0 Å². The van der Waals surface area contributed by atoms with E-state index < -0.39 is 6.03 Å². The molecule has 0 aliphatic heterocycles. The van der Waals surface area contributed by atoms with Crippen molar-refractivity contribution in [3.05, 3.63) is 29.3 Å². The summed E-state index contributed by atoms with van der Waals surface area (Å²) in [6, 6.07) is 6.22. The molecule has 18 heavy (non-hydrogen) atoms. The van der Waals surface area contributed by atoms with E-state index in [4.69, 9.17) is 11.6 Å². The van der Waals surface area contributed by atoms with Crippen LogP contribution < -0.4 is 16.2 Å². The van der Waals surface area contributed by atoms with E-state index in [0.29, 0.717) is 17.1 Å². The van der Waals surface area contributed by atoms with Gasteiger partial charge in [-0.2, -0.15) is 0 Å². The maximum atomic E-state index is 11.4. The number of anilines is 1. The van der Waals surface area contributed by atoms with Crippen molar-refractivity contribution in [2.75, 3.05) is 5.32 Å². The van der Waals surface area contributed by atoms with Crippen LogP contribution in [0.4, 0.5) is 10.5 Å². The quantitative estimate of drug-likeness (QED) is 0.736. The first-order valence-corrected chi connectivity index (χ1v) is 6.11. The monoisotopic (exact) mass is 269 g/mol. The number of carbonyl (C=O) groups excluding carboxylic acids is 2. The zero-order valence-corrected chi connectivity index (χ0v) is 10.9. The van der Waals surface area contributed by atoms with E-state index in [-0.39, 0.29) is 5.91 Å². The fraction of sp³-hybridized carbons (Fsp3) is 0.333. The number of hydrazine groups is 1. The van der Waals surface area contributed by atoms with E-state index in [2.05, 4.69) is 16.2 Å². The van der Waals surface area contributed by atoms with Gasteiger partial charge in [0.15, 0.2) is 0 Å². The Bertz CT molecular complexity index is 424. The third kappa shape index (κ3) is 5.54. The minimum Gasteiger partial charge on any atom is -0.307 e. The van der Waals surface area contributed by atoms with Crippen LogP contribution in [-0.4, -0.2) is 11.9 Å². The van der Waals surface area contributed by atoms with Crippen LogP contribution >= 0.6 is 11.6 Å². The van der Waals surface area contributed by atoms with Crippen LogP contribution in [0, 0.1) is 0 Å². The number of unbranched alkanes of at least 4 members (excludes halogenated alkanes) is 1. The second-order valence-corrected chi connectivity index (χ2v) is 4.18. The van der Waals surface area contributed by atoms with Gasteiger partial charge in [-0.05, 0) is 24.6 Å². The maximum Gasteiger partial charge on any atom is 0.337 e. The summed E-state index contributed by atoms with van der Waals surface area (Å²) in [6.07, 6.45) is 2.12. The second-order valence-electron chi connectivity index (χ2n) is 3.74. The Morgan fingerprint density at radius 3 is 2.72 bits per heavy atom. The normalized spacial score (nSPS) is 9.67. The van der Waals surface area contributed by atoms with E-state index in [1.807, 2.05) is 6.92 Å². The van der Waals surface area contributed by atoms with Crippen molar-refractivity contribution in [1.82, 2.24) is 10.9 Å². The minimum absolute atomic E-state index is 0.210. The molecule has 0 saturated heterocycles. The van der Waals surface area contributed by atoms with E-state index in [1.165, 1.54) is 0 Å². The second kappa shape index (κ2) is 7.55. The van der Waals surface area contributed by atoms with Crippen molar-refractivity contribution in [2.24, 2.45) is 0 Å². The van der Waals surface area contributed by atoms with Crippen molar-refractivity contribution in [3.8, 4) is 0 Å². The first-order chi connectivity index (χ1) is 8.61. The summed E-state index contributed by atoms with van der Waals surface area (Å²) >= 11 is 5.77. The molecule has 0 aliphatic rings. The number of rotatable bonds is 4. The first-order valence-electron chi connectivity index (χ1n) is 5.73. The molecule has 0 bridgehead atoms. The van der Waals surface area contributed by atoms with Crippen molar-refractivity contribution >= 4 is 29.2 Å². The van der Waals surface area contributed by atoms with E-state index in [9.17, 15) is 9.59 Å². The van der Waals surface area contributed by atoms with E-state index in [0.717, 1.165) is 12.8 Å². The predicted molar refractivity (Wildman–Crippen MR) is 71.3 cm³/mol. The number of amides is 3. The van der Waals surface area contributed by atoms with Crippen molar-refractivity contribution in [2.45, 2.75) is 26.2 Å². The highest BCUT2D eigenvalue weighted by molar-refractivity contribution is 6.30. The number of carbonyl (C=O) groups is 2. The number of hydrogen-bond acceptors (Lipinski definition) is 2. The molecule has 0 unspecified atom stereocenters. The van der Waals surface area contributed by atoms with Gasteiger partial charge in [-0.15, -0.1) is 0 Å². The van der Waals surface area contributed by atoms with Crippen LogP contribution in [0.25, 0.3) is 0 Å². The van der Waals surface area contributed by atoms with Gasteiger partial charge >= 0.3 is 6.03 Å². The summed E-state index contributed by atoms with van der Waals surface area (Å²) < 4.78 is 0. The Labute approximate surface area is 111 Å². The lowest BCUT2D eigenvalue weighted by Gasteiger charge is -2.08. The molecule has 0 saturated carbocycles. The minimum atomic E-state index is -0.512. The van der Waals surface area contributed by atoms with Gasteiger partial charge in [-0.3, -0.25) is 10.2 Å². The third-order valence-electron chi connectivity index (χ3n) is 2.16. The number of benzene rings is 1. The summed E-state index contributed by atoms with van der Waals surface area (Å²) in [5, 5.41) is 3.07. The van der Waals surface area contributed by atoms with Crippen LogP contribution in [0.3, 0.4) is 0 Å². The molecular weight excluding hydrogens is 254 g/mol. The molecule has 0 radical (unpaired) electrons. The molecule has 1 aromatic rings. The fourth-order valence-corrected chi connectivity index (χ4v) is 1.45. The molecule has 3 amide bonds. The van der Waals surface area contributed by atoms with Crippen molar-refractivity contribution in [1.29, 1.82) is 0 Å². The molecule has 0 heterocycles. The Hall–Kier alpha value is -1.75. The van der Waals surface area contributed by atoms with Gasteiger partial charge in [-0.1, -0.05) is 31.0 Å². The van der Waals surface area contributed by atoms with Crippen LogP contribution in [-0.2, 0) is 4.79 Å². The number of nitrogens with one attached hydrogen (secondary N) is 3. The highest BCUT2D eigenvalue weighted by Gasteiger charge is 2.04. The predicted octanol–water partition coefficient (Wildman–Crippen LogP) is 2.68. The summed E-state index contributed by atoms with van der Waals surface area (Å²) in [6.45, 7) is 1.99. The molecule has 0 atom stereocenters. The molecular formula is C12H16ClN3O2. The van der Waals surface area contributed by atoms with Crippen molar-refractivity contribution in [3.63, 3.8) is 0 Å². The first kappa shape index (κ1) is 14.3. The van der Waals surface area contributed by atoms with Crippen LogP contribution in [0.2, 0.25) is 5.02 Å². The molecule has 0 aliphatic carbocycles. The summed E-state index contributed by atoms with van der Waals surface area (Å²) in [4.78, 5) is 22.7. The lowest BCUT2D eigenvalue weighted by Crippen LogP contribution is -2.43. The standard InChI is InChI=1S/C12H16ClN3O2/c1-2-3-7-11(17)15-16-12(18)14-10-6-4-5-9(13)8-10/h4-6,8H,2-3,7H2,1H3,(H,15,17)(H2,14,16,18). The lowest BCUT2D eigenvalue weighted by atomic mass is 10.2. The third-order valence-corrected chi connectivity index (χ3v) is 2.39. The molecule has 6 heteroatoms. The van der Waals surface area contributed by atoms with Crippen molar-refractivity contribution < 1.29 is 9.59 Å². The molecule has 0 fully saturated rings. The lowest BCUT2D eigenvalue weighted by molar-refractivity contribution is -0.121. The zero-order valence-electron chi connectivity index (χ0n) is 10.1. The van der Waals surface area contributed by atoms with E-state index in [1.54, 1.807) is 24.3 Å². The molecule has 1 rings (SSSR count). The Morgan fingerprint density at radius 1 is 1.28 bits per heavy atom. The molecule has 98 valence electrons. The summed E-state index contributed by atoms with van der Waals surface area (Å²) in [7, 11) is 0. The highest BCUT2D eigenvalue weighted by atomic mass is 35.5. The zero-order chi connectivity index (χ0) is 13.4. The fourth-order valence-electron chi connectivity index (χ4n) is 1.25. The summed E-state index contributed by atoms with van der Waals surface area (Å²) in [5.74, 6) is -0.210. The van der Waals surface area contributed by atoms with Gasteiger partial charge in [0, 0.05) is 17.1 Å². The number of halogens is 1. The van der Waals surface area contributed by atoms with Gasteiger partial charge in [0.2, 0.25) is 5.91 Å². The average molecular weight is 270 g/mol. The average Bonchev–Trinajstić information content (AvgIpc) is 2.34. The van der Waals surface area contributed by atoms with E-state index >= 15 is 0 Å². The van der Waals surface area contributed by atoms with Crippen LogP contribution in [0.1, 0.15) is 26.2 Å². The SMILES string of the molecule is CCCCC(=O)NNC(=O)Nc1cccc(Cl)c1. The molecule has 0 spiro atoms. The molecule has 1 aromatic carbocycles. The number of urea groups is 1. The van der Waals surface area contributed by atoms with Gasteiger partial charge in [-0.25, -0.2) is 10.2 Å². The largest absolute Gasteiger partial charge is 0.337 e. The van der Waals surface area contributed by atoms with Gasteiger partial charge in [0.1, 0.15) is 0 Å². The van der Waals surface area contributed by atoms with Crippen LogP contribution in [0.15, 0.2) is 24.3 Å². The highest BCUT2D eigenvalue weighted by Crippen LogP contribution is 2.14. The molecule has 3 N–H and O–H groups in total. The topological polar surface area (TPSA) is 70.2 Å². The Balaban J connectivity index is 2.31. The van der Waals surface area contributed by atoms with Gasteiger partial charge in [0.25, 0.3) is 0 Å². The number of hydrogen-bond donors (Lipinski definition) is 3. The summed E-state index contributed by atoms with van der Waals surface area (Å²) in [5.41, 5.74) is 5.14. The Kier molecular flexibility index (Phi) is 6.00. The smallest absolute Gasteiger partial charge is 0.307 e. The van der Waals surface area contributed by atoms with Gasteiger partial charge < -0.3 is 5.32 Å². The molecule has 5 nitrogen and oxygen atoms in total.